The molecule has 3 rings (SSSR count). The third-order valence-electron chi connectivity index (χ3n) is 2.25. The van der Waals surface area contributed by atoms with Gasteiger partial charge in [0.15, 0.2) is 5.01 Å². The quantitative estimate of drug-likeness (QED) is 0.738. The summed E-state index contributed by atoms with van der Waals surface area (Å²) < 4.78 is 38.5. The standard InChI is InChI=1S/C9H5F3N6S/c10-9(11,12)7-15-16-8-18(7)17-6(19-8)5-2-1-4(13)3-14-5/h1-3H,13H2. The summed E-state index contributed by atoms with van der Waals surface area (Å²) in [5.41, 5.74) is 6.37. The van der Waals surface area contributed by atoms with Crippen molar-refractivity contribution in [2.75, 3.05) is 5.73 Å². The van der Waals surface area contributed by atoms with Crippen LogP contribution in [0.25, 0.3) is 15.7 Å². The number of nitrogens with zero attached hydrogens (tertiary/aromatic N) is 5. The molecule has 0 spiro atoms. The fourth-order valence-electron chi connectivity index (χ4n) is 1.43. The number of rotatable bonds is 1. The third-order valence-corrected chi connectivity index (χ3v) is 3.17. The maximum atomic E-state index is 12.6. The number of alkyl halides is 3. The van der Waals surface area contributed by atoms with Gasteiger partial charge in [-0.05, 0) is 12.1 Å². The van der Waals surface area contributed by atoms with Crippen molar-refractivity contribution in [3.05, 3.63) is 24.2 Å². The molecule has 0 aliphatic rings. The largest absolute Gasteiger partial charge is 0.453 e. The molecule has 3 heterocycles. The van der Waals surface area contributed by atoms with Crippen LogP contribution < -0.4 is 5.73 Å². The van der Waals surface area contributed by atoms with Gasteiger partial charge in [-0.2, -0.15) is 22.8 Å². The molecular weight excluding hydrogens is 281 g/mol. The molecule has 2 N–H and O–H groups in total. The highest BCUT2D eigenvalue weighted by atomic mass is 32.1. The van der Waals surface area contributed by atoms with Crippen LogP contribution in [0.3, 0.4) is 0 Å². The van der Waals surface area contributed by atoms with Crippen molar-refractivity contribution < 1.29 is 13.2 Å². The minimum absolute atomic E-state index is 0.0564. The summed E-state index contributed by atoms with van der Waals surface area (Å²) in [5, 5.41) is 10.7. The lowest BCUT2D eigenvalue weighted by Crippen LogP contribution is -2.11. The second kappa shape index (κ2) is 3.88. The van der Waals surface area contributed by atoms with E-state index in [1.54, 1.807) is 12.1 Å². The Balaban J connectivity index is 2.12. The summed E-state index contributed by atoms with van der Waals surface area (Å²) in [7, 11) is 0. The van der Waals surface area contributed by atoms with E-state index in [0.717, 1.165) is 11.3 Å². The van der Waals surface area contributed by atoms with Crippen LogP contribution in [-0.2, 0) is 6.18 Å². The number of fused-ring (bicyclic) bond motifs is 1. The molecule has 3 aromatic rings. The van der Waals surface area contributed by atoms with Gasteiger partial charge < -0.3 is 5.73 Å². The first-order chi connectivity index (χ1) is 8.95. The molecule has 0 unspecified atom stereocenters. The molecule has 0 bridgehead atoms. The summed E-state index contributed by atoms with van der Waals surface area (Å²) in [6.07, 6.45) is -3.19. The first-order valence-corrected chi connectivity index (χ1v) is 5.78. The van der Waals surface area contributed by atoms with Crippen molar-refractivity contribution >= 4 is 22.0 Å². The van der Waals surface area contributed by atoms with Crippen molar-refractivity contribution in [1.29, 1.82) is 0 Å². The molecule has 0 fully saturated rings. The van der Waals surface area contributed by atoms with Gasteiger partial charge in [0.05, 0.1) is 11.9 Å². The highest BCUT2D eigenvalue weighted by molar-refractivity contribution is 7.19. The summed E-state index contributed by atoms with van der Waals surface area (Å²) >= 11 is 0.968. The van der Waals surface area contributed by atoms with E-state index < -0.39 is 12.0 Å². The zero-order valence-corrected chi connectivity index (χ0v) is 9.90. The van der Waals surface area contributed by atoms with Gasteiger partial charge in [-0.1, -0.05) is 11.3 Å². The molecule has 19 heavy (non-hydrogen) atoms. The van der Waals surface area contributed by atoms with Crippen LogP contribution in [-0.4, -0.2) is 24.8 Å². The predicted octanol–water partition coefficient (Wildman–Crippen LogP) is 1.85. The topological polar surface area (TPSA) is 82.0 Å². The lowest BCUT2D eigenvalue weighted by atomic mass is 10.3. The Morgan fingerprint density at radius 1 is 1.21 bits per heavy atom. The van der Waals surface area contributed by atoms with Crippen molar-refractivity contribution in [2.45, 2.75) is 6.18 Å². The van der Waals surface area contributed by atoms with E-state index in [0.29, 0.717) is 20.9 Å². The monoisotopic (exact) mass is 286 g/mol. The second-order valence-corrected chi connectivity index (χ2v) is 4.56. The van der Waals surface area contributed by atoms with Gasteiger partial charge in [0.25, 0.3) is 5.82 Å². The number of pyridine rings is 1. The van der Waals surface area contributed by atoms with Crippen molar-refractivity contribution in [3.8, 4) is 10.7 Å². The Hall–Kier alpha value is -2.23. The Kier molecular flexibility index (Phi) is 2.42. The number of hydrogen-bond acceptors (Lipinski definition) is 6. The SMILES string of the molecule is Nc1ccc(-c2nn3c(C(F)(F)F)nnc3s2)nc1. The van der Waals surface area contributed by atoms with Crippen molar-refractivity contribution in [1.82, 2.24) is 24.8 Å². The lowest BCUT2D eigenvalue weighted by molar-refractivity contribution is -0.146. The van der Waals surface area contributed by atoms with Crippen LogP contribution in [0.2, 0.25) is 0 Å². The molecule has 6 nitrogen and oxygen atoms in total. The minimum atomic E-state index is -4.60. The molecule has 0 aromatic carbocycles. The highest BCUT2D eigenvalue weighted by Gasteiger charge is 2.38. The van der Waals surface area contributed by atoms with Crippen LogP contribution in [0.15, 0.2) is 18.3 Å². The zero-order valence-electron chi connectivity index (χ0n) is 9.09. The summed E-state index contributed by atoms with van der Waals surface area (Å²) in [6.45, 7) is 0. The number of nitrogens with two attached hydrogens (primary N) is 1. The van der Waals surface area contributed by atoms with E-state index in [1.807, 2.05) is 0 Å². The van der Waals surface area contributed by atoms with E-state index in [-0.39, 0.29) is 4.96 Å². The molecule has 0 atom stereocenters. The normalized spacial score (nSPS) is 12.2. The first-order valence-electron chi connectivity index (χ1n) is 4.96. The van der Waals surface area contributed by atoms with Crippen molar-refractivity contribution in [3.63, 3.8) is 0 Å². The fourth-order valence-corrected chi connectivity index (χ4v) is 2.25. The van der Waals surface area contributed by atoms with E-state index in [4.69, 9.17) is 5.73 Å². The Morgan fingerprint density at radius 3 is 2.63 bits per heavy atom. The average Bonchev–Trinajstić information content (AvgIpc) is 2.87. The zero-order chi connectivity index (χ0) is 13.6. The van der Waals surface area contributed by atoms with Crippen molar-refractivity contribution in [2.24, 2.45) is 0 Å². The molecule has 0 aliphatic heterocycles. The van der Waals surface area contributed by atoms with Crippen LogP contribution >= 0.6 is 11.3 Å². The van der Waals surface area contributed by atoms with E-state index >= 15 is 0 Å². The van der Waals surface area contributed by atoms with E-state index in [1.165, 1.54) is 6.20 Å². The number of halogens is 3. The van der Waals surface area contributed by atoms with Gasteiger partial charge in [0.2, 0.25) is 4.96 Å². The maximum absolute atomic E-state index is 12.6. The number of anilines is 1. The molecule has 10 heteroatoms. The Bertz CT molecular complexity index is 729. The molecule has 0 saturated heterocycles. The lowest BCUT2D eigenvalue weighted by Gasteiger charge is -2.00. The first kappa shape index (κ1) is 11.8. The van der Waals surface area contributed by atoms with Gasteiger partial charge in [-0.25, -0.2) is 0 Å². The average molecular weight is 286 g/mol. The molecule has 0 aliphatic carbocycles. The summed E-state index contributed by atoms with van der Waals surface area (Å²) in [5.74, 6) is -1.15. The minimum Gasteiger partial charge on any atom is -0.397 e. The Morgan fingerprint density at radius 2 is 2.00 bits per heavy atom. The van der Waals surface area contributed by atoms with Gasteiger partial charge in [-0.3, -0.25) is 4.98 Å². The number of hydrogen-bond donors (Lipinski definition) is 1. The third kappa shape index (κ3) is 1.99. The van der Waals surface area contributed by atoms with E-state index in [9.17, 15) is 13.2 Å². The smallest absolute Gasteiger partial charge is 0.397 e. The van der Waals surface area contributed by atoms with Crippen LogP contribution in [0.5, 0.6) is 0 Å². The molecular formula is C9H5F3N6S. The number of aromatic nitrogens is 5. The van der Waals surface area contributed by atoms with Crippen LogP contribution in [0, 0.1) is 0 Å². The molecule has 3 aromatic heterocycles. The van der Waals surface area contributed by atoms with Gasteiger partial charge in [0.1, 0.15) is 5.69 Å². The van der Waals surface area contributed by atoms with Gasteiger partial charge >= 0.3 is 6.18 Å². The molecule has 0 amide bonds. The molecule has 0 radical (unpaired) electrons. The second-order valence-electron chi connectivity index (χ2n) is 3.60. The van der Waals surface area contributed by atoms with Crippen LogP contribution in [0.1, 0.15) is 5.82 Å². The fraction of sp³-hybridized carbons (Fsp3) is 0.111. The van der Waals surface area contributed by atoms with Gasteiger partial charge in [0, 0.05) is 0 Å². The molecule has 0 saturated carbocycles. The number of nitrogen functional groups attached to an aromatic ring is 1. The van der Waals surface area contributed by atoms with Gasteiger partial charge in [-0.15, -0.1) is 10.2 Å². The van der Waals surface area contributed by atoms with Crippen LogP contribution in [0.4, 0.5) is 18.9 Å². The Labute approximate surface area is 107 Å². The predicted molar refractivity (Wildman–Crippen MR) is 61.3 cm³/mol. The van der Waals surface area contributed by atoms with E-state index in [2.05, 4.69) is 20.3 Å². The summed E-state index contributed by atoms with van der Waals surface area (Å²) in [4.78, 5) is 4.05. The maximum Gasteiger partial charge on any atom is 0.453 e. The highest BCUT2D eigenvalue weighted by Crippen LogP contribution is 2.31. The molecule has 98 valence electrons. The summed E-state index contributed by atoms with van der Waals surface area (Å²) in [6, 6.07) is 3.17.